The number of hydrogen-bond acceptors (Lipinski definition) is 4. The highest BCUT2D eigenvalue weighted by Gasteiger charge is 2.58. The van der Waals surface area contributed by atoms with Gasteiger partial charge in [-0.05, 0) is 23.8 Å². The molecule has 0 aliphatic heterocycles. The first-order valence-electron chi connectivity index (χ1n) is 6.54. The van der Waals surface area contributed by atoms with E-state index in [0.717, 1.165) is 0 Å². The third-order valence-corrected chi connectivity index (χ3v) is 7.69. The minimum absolute atomic E-state index is 0.0700. The summed E-state index contributed by atoms with van der Waals surface area (Å²) >= 11 is 1.20. The van der Waals surface area contributed by atoms with Crippen molar-refractivity contribution in [2.24, 2.45) is 5.92 Å². The van der Waals surface area contributed by atoms with E-state index >= 15 is 0 Å². The number of carbonyl (C=O) groups is 2. The summed E-state index contributed by atoms with van der Waals surface area (Å²) in [5.41, 5.74) is 0. The third-order valence-electron chi connectivity index (χ3n) is 3.90. The van der Waals surface area contributed by atoms with Crippen molar-refractivity contribution in [3.63, 3.8) is 0 Å². The zero-order valence-electron chi connectivity index (χ0n) is 11.9. The lowest BCUT2D eigenvalue weighted by Gasteiger charge is -2.38. The fourth-order valence-electron chi connectivity index (χ4n) is 2.73. The lowest BCUT2D eigenvalue weighted by molar-refractivity contribution is -0.144. The Kier molecular flexibility index (Phi) is 5.73. The van der Waals surface area contributed by atoms with Crippen LogP contribution in [0.5, 0.6) is 0 Å². The number of thiophene rings is 1. The van der Waals surface area contributed by atoms with Crippen LogP contribution in [0.25, 0.3) is 0 Å². The van der Waals surface area contributed by atoms with Gasteiger partial charge in [-0.15, -0.1) is 0 Å². The molecule has 0 radical (unpaired) electrons. The second kappa shape index (κ2) is 6.73. The molecule has 0 saturated carbocycles. The summed E-state index contributed by atoms with van der Waals surface area (Å²) in [6.45, 7) is 3.14. The largest absolute Gasteiger partial charge is 0.481 e. The van der Waals surface area contributed by atoms with E-state index in [1.165, 1.54) is 29.7 Å². The fourth-order valence-corrected chi connectivity index (χ4v) is 6.30. The fraction of sp³-hybridized carbons (Fsp3) is 0.538. The van der Waals surface area contributed by atoms with Crippen LogP contribution >= 0.6 is 18.7 Å². The highest BCUT2D eigenvalue weighted by Crippen LogP contribution is 2.60. The van der Waals surface area contributed by atoms with Crippen molar-refractivity contribution in [3.05, 3.63) is 16.8 Å². The maximum atomic E-state index is 12.9. The molecule has 1 heterocycles. The first-order chi connectivity index (χ1) is 9.73. The molecule has 0 fully saturated rings. The average molecular weight is 334 g/mol. The SMILES string of the molecule is CCC(CC(=O)O)C(CC)(C(=O)O)P(=O)(O)c1ccsc1. The van der Waals surface area contributed by atoms with E-state index in [-0.39, 0.29) is 18.1 Å². The molecule has 118 valence electrons. The van der Waals surface area contributed by atoms with E-state index < -0.39 is 36.8 Å². The molecule has 21 heavy (non-hydrogen) atoms. The molecule has 8 heteroatoms. The first-order valence-corrected chi connectivity index (χ1v) is 9.15. The maximum absolute atomic E-state index is 12.9. The quantitative estimate of drug-likeness (QED) is 0.629. The number of hydrogen-bond donors (Lipinski definition) is 3. The molecule has 0 aliphatic carbocycles. The molecule has 1 aromatic heterocycles. The molecule has 3 atom stereocenters. The van der Waals surface area contributed by atoms with Gasteiger partial charge in [0.15, 0.2) is 5.16 Å². The summed E-state index contributed by atoms with van der Waals surface area (Å²) in [5, 5.41) is 19.8. The Bertz CT molecular complexity index is 555. The van der Waals surface area contributed by atoms with Gasteiger partial charge in [-0.1, -0.05) is 20.3 Å². The monoisotopic (exact) mass is 334 g/mol. The van der Waals surface area contributed by atoms with Crippen LogP contribution in [0.4, 0.5) is 0 Å². The average Bonchev–Trinajstić information content (AvgIpc) is 2.92. The van der Waals surface area contributed by atoms with Crippen LogP contribution in [0, 0.1) is 5.92 Å². The molecule has 0 amide bonds. The Morgan fingerprint density at radius 2 is 2.00 bits per heavy atom. The van der Waals surface area contributed by atoms with Crippen LogP contribution in [0.2, 0.25) is 0 Å². The standard InChI is InChI=1S/C13H19O6PS/c1-3-9(7-11(14)15)13(4-2,12(16)17)20(18,19)10-5-6-21-8-10/h5-6,8-9H,3-4,7H2,1-2H3,(H,14,15)(H,16,17)(H,18,19). The van der Waals surface area contributed by atoms with Crippen LogP contribution < -0.4 is 5.30 Å². The maximum Gasteiger partial charge on any atom is 0.320 e. The molecule has 0 bridgehead atoms. The minimum atomic E-state index is -4.28. The predicted molar refractivity (Wildman–Crippen MR) is 80.5 cm³/mol. The molecule has 0 aromatic carbocycles. The smallest absolute Gasteiger partial charge is 0.320 e. The van der Waals surface area contributed by atoms with E-state index in [9.17, 15) is 24.2 Å². The molecular weight excluding hydrogens is 315 g/mol. The van der Waals surface area contributed by atoms with Crippen LogP contribution in [-0.2, 0) is 14.2 Å². The predicted octanol–water partition coefficient (Wildman–Crippen LogP) is 2.38. The minimum Gasteiger partial charge on any atom is -0.481 e. The zero-order valence-corrected chi connectivity index (χ0v) is 13.6. The van der Waals surface area contributed by atoms with Gasteiger partial charge in [0, 0.05) is 17.1 Å². The normalized spacial score (nSPS) is 18.4. The molecule has 3 unspecified atom stereocenters. The van der Waals surface area contributed by atoms with Gasteiger partial charge in [0.05, 0.1) is 0 Å². The van der Waals surface area contributed by atoms with Crippen LogP contribution in [0.1, 0.15) is 33.1 Å². The highest BCUT2D eigenvalue weighted by molar-refractivity contribution is 7.69. The van der Waals surface area contributed by atoms with Gasteiger partial charge in [0.25, 0.3) is 0 Å². The summed E-state index contributed by atoms with van der Waals surface area (Å²) < 4.78 is 12.9. The van der Waals surface area contributed by atoms with Crippen LogP contribution in [0.15, 0.2) is 16.8 Å². The molecular formula is C13H19O6PS. The van der Waals surface area contributed by atoms with Gasteiger partial charge < -0.3 is 15.1 Å². The van der Waals surface area contributed by atoms with Crippen molar-refractivity contribution < 1.29 is 29.3 Å². The molecule has 1 aromatic rings. The third kappa shape index (κ3) is 3.05. The van der Waals surface area contributed by atoms with Crippen molar-refractivity contribution in [2.75, 3.05) is 0 Å². The lowest BCUT2D eigenvalue weighted by atomic mass is 9.84. The number of aliphatic carboxylic acids is 2. The number of carboxylic acid groups (broad SMARTS) is 2. The van der Waals surface area contributed by atoms with Gasteiger partial charge in [0.1, 0.15) is 0 Å². The van der Waals surface area contributed by atoms with E-state index in [4.69, 9.17) is 5.11 Å². The van der Waals surface area contributed by atoms with Crippen molar-refractivity contribution in [1.29, 1.82) is 0 Å². The van der Waals surface area contributed by atoms with Crippen molar-refractivity contribution in [2.45, 2.75) is 38.3 Å². The summed E-state index contributed by atoms with van der Waals surface area (Å²) in [4.78, 5) is 33.4. The molecule has 3 N–H and O–H groups in total. The Morgan fingerprint density at radius 3 is 2.33 bits per heavy atom. The highest BCUT2D eigenvalue weighted by atomic mass is 32.1. The van der Waals surface area contributed by atoms with Crippen molar-refractivity contribution in [1.82, 2.24) is 0 Å². The first kappa shape index (κ1) is 17.9. The summed E-state index contributed by atoms with van der Waals surface area (Å²) in [5.74, 6) is -3.52. The van der Waals surface area contributed by atoms with Gasteiger partial charge >= 0.3 is 11.9 Å². The second-order valence-corrected chi connectivity index (χ2v) is 8.09. The van der Waals surface area contributed by atoms with Crippen LogP contribution in [0.3, 0.4) is 0 Å². The van der Waals surface area contributed by atoms with Gasteiger partial charge in [0.2, 0.25) is 7.37 Å². The Hall–Kier alpha value is -1.17. The summed E-state index contributed by atoms with van der Waals surface area (Å²) in [6.07, 6.45) is -0.371. The Balaban J connectivity index is 3.49. The summed E-state index contributed by atoms with van der Waals surface area (Å²) in [7, 11) is -4.28. The Morgan fingerprint density at radius 1 is 1.38 bits per heavy atom. The van der Waals surface area contributed by atoms with Gasteiger partial charge in [-0.25, -0.2) is 0 Å². The Labute approximate surface area is 126 Å². The lowest BCUT2D eigenvalue weighted by Crippen LogP contribution is -2.48. The topological polar surface area (TPSA) is 112 Å². The zero-order chi connectivity index (χ0) is 16.3. The molecule has 0 saturated heterocycles. The van der Waals surface area contributed by atoms with Gasteiger partial charge in [-0.2, -0.15) is 11.3 Å². The second-order valence-electron chi connectivity index (χ2n) is 4.84. The molecule has 6 nitrogen and oxygen atoms in total. The van der Waals surface area contributed by atoms with E-state index in [1.54, 1.807) is 12.3 Å². The van der Waals surface area contributed by atoms with Crippen LogP contribution in [-0.4, -0.2) is 32.2 Å². The van der Waals surface area contributed by atoms with Crippen molar-refractivity contribution in [3.8, 4) is 0 Å². The summed E-state index contributed by atoms with van der Waals surface area (Å²) in [6, 6.07) is 1.42. The van der Waals surface area contributed by atoms with E-state index in [2.05, 4.69) is 0 Å². The van der Waals surface area contributed by atoms with E-state index in [1.807, 2.05) is 0 Å². The number of rotatable bonds is 8. The van der Waals surface area contributed by atoms with Crippen molar-refractivity contribution >= 4 is 35.9 Å². The molecule has 0 spiro atoms. The van der Waals surface area contributed by atoms with Gasteiger partial charge in [-0.3, -0.25) is 14.2 Å². The molecule has 1 rings (SSSR count). The number of carboxylic acids is 2. The molecule has 0 aliphatic rings. The van der Waals surface area contributed by atoms with E-state index in [0.29, 0.717) is 0 Å².